The maximum atomic E-state index is 12.6. The fourth-order valence-corrected chi connectivity index (χ4v) is 2.95. The van der Waals surface area contributed by atoms with Crippen LogP contribution in [-0.4, -0.2) is 38.3 Å². The molecule has 2 aromatic heterocycles. The van der Waals surface area contributed by atoms with E-state index in [-0.39, 0.29) is 23.3 Å². The fourth-order valence-electron chi connectivity index (χ4n) is 2.95. The van der Waals surface area contributed by atoms with E-state index in [1.54, 1.807) is 13.0 Å². The molecular weight excluding hydrogens is 284 g/mol. The summed E-state index contributed by atoms with van der Waals surface area (Å²) in [4.78, 5) is 46.4. The number of carbonyl (C=O) groups excluding carboxylic acids is 1. The molecule has 1 fully saturated rings. The van der Waals surface area contributed by atoms with Crippen molar-refractivity contribution in [2.75, 3.05) is 6.54 Å². The van der Waals surface area contributed by atoms with E-state index in [0.717, 1.165) is 25.8 Å². The Labute approximate surface area is 126 Å². The molecule has 22 heavy (non-hydrogen) atoms. The van der Waals surface area contributed by atoms with Gasteiger partial charge in [-0.1, -0.05) is 13.3 Å². The highest BCUT2D eigenvalue weighted by molar-refractivity contribution is 5.95. The van der Waals surface area contributed by atoms with E-state index >= 15 is 0 Å². The van der Waals surface area contributed by atoms with Crippen molar-refractivity contribution in [3.63, 3.8) is 0 Å². The van der Waals surface area contributed by atoms with Crippen molar-refractivity contribution in [2.45, 2.75) is 39.2 Å². The number of hydrogen-bond donors (Lipinski definition) is 2. The van der Waals surface area contributed by atoms with E-state index in [2.05, 4.69) is 21.9 Å². The molecule has 1 aliphatic heterocycles. The second kappa shape index (κ2) is 5.40. The number of hydrogen-bond acceptors (Lipinski definition) is 4. The zero-order valence-electron chi connectivity index (χ0n) is 12.6. The van der Waals surface area contributed by atoms with Gasteiger partial charge in [-0.2, -0.15) is 0 Å². The maximum absolute atomic E-state index is 12.6. The van der Waals surface area contributed by atoms with Gasteiger partial charge in [-0.05, 0) is 31.4 Å². The number of aryl methyl sites for hydroxylation is 1. The molecule has 1 aliphatic rings. The minimum atomic E-state index is -0.623. The summed E-state index contributed by atoms with van der Waals surface area (Å²) in [7, 11) is 0. The Morgan fingerprint density at radius 3 is 2.82 bits per heavy atom. The summed E-state index contributed by atoms with van der Waals surface area (Å²) in [5, 5.41) is 0.310. The zero-order valence-corrected chi connectivity index (χ0v) is 12.6. The number of carbonyl (C=O) groups is 1. The minimum Gasteiger partial charge on any atom is -0.334 e. The Morgan fingerprint density at radius 2 is 2.18 bits per heavy atom. The summed E-state index contributed by atoms with van der Waals surface area (Å²) in [5.74, 6) is -0.143. The first kappa shape index (κ1) is 14.5. The lowest BCUT2D eigenvalue weighted by Crippen LogP contribution is -2.51. The van der Waals surface area contributed by atoms with E-state index in [1.807, 2.05) is 4.90 Å². The quantitative estimate of drug-likeness (QED) is 0.881. The number of nitrogens with one attached hydrogen (secondary N) is 2. The first-order valence-electron chi connectivity index (χ1n) is 7.46. The molecule has 0 spiro atoms. The topological polar surface area (TPSA) is 98.9 Å². The molecule has 3 heterocycles. The molecule has 0 bridgehead atoms. The van der Waals surface area contributed by atoms with Crippen molar-refractivity contribution in [1.82, 2.24) is 19.9 Å². The Balaban J connectivity index is 2.03. The smallest absolute Gasteiger partial charge is 0.327 e. The van der Waals surface area contributed by atoms with Gasteiger partial charge in [0.25, 0.3) is 11.5 Å². The van der Waals surface area contributed by atoms with Gasteiger partial charge in [0.15, 0.2) is 0 Å². The average molecular weight is 302 g/mol. The molecule has 1 atom stereocenters. The summed E-state index contributed by atoms with van der Waals surface area (Å²) >= 11 is 0. The normalized spacial score (nSPS) is 17.5. The molecule has 7 nitrogen and oxygen atoms in total. The largest absolute Gasteiger partial charge is 0.334 e. The molecule has 1 unspecified atom stereocenters. The average Bonchev–Trinajstić information content (AvgIpc) is 2.42. The fraction of sp³-hybridized carbons (Fsp3) is 0.467. The Hall–Kier alpha value is -2.44. The molecule has 1 saturated heterocycles. The summed E-state index contributed by atoms with van der Waals surface area (Å²) in [6.07, 6.45) is 3.03. The van der Waals surface area contributed by atoms with Crippen LogP contribution in [-0.2, 0) is 0 Å². The Kier molecular flexibility index (Phi) is 3.56. The third kappa shape index (κ3) is 2.32. The molecule has 0 aliphatic carbocycles. The number of nitrogens with zero attached hydrogens (tertiary/aromatic N) is 2. The van der Waals surface area contributed by atoms with Crippen LogP contribution in [0.2, 0.25) is 0 Å². The highest BCUT2D eigenvalue weighted by Gasteiger charge is 2.32. The van der Waals surface area contributed by atoms with Gasteiger partial charge in [0.2, 0.25) is 0 Å². The number of H-pyrrole nitrogens is 2. The summed E-state index contributed by atoms with van der Waals surface area (Å²) in [6, 6.07) is 1.88. The molecule has 0 saturated carbocycles. The summed E-state index contributed by atoms with van der Waals surface area (Å²) in [6.45, 7) is 4.55. The third-order valence-corrected chi connectivity index (χ3v) is 4.15. The van der Waals surface area contributed by atoms with Gasteiger partial charge >= 0.3 is 5.69 Å². The van der Waals surface area contributed by atoms with Gasteiger partial charge in [0.1, 0.15) is 11.3 Å². The molecule has 0 aromatic carbocycles. The lowest BCUT2D eigenvalue weighted by atomic mass is 9.97. The standard InChI is InChI=1S/C15H18N4O3/c1-3-4-9-5-6-19(9)14(21)10-7-8(2)11-12(16-10)17-15(22)18-13(11)20/h7,9H,3-6H2,1-2H3,(H2,16,17,18,20,22). The van der Waals surface area contributed by atoms with E-state index in [0.29, 0.717) is 10.9 Å². The minimum absolute atomic E-state index is 0.143. The predicted octanol–water partition coefficient (Wildman–Crippen LogP) is 0.934. The highest BCUT2D eigenvalue weighted by Crippen LogP contribution is 2.24. The second-order valence-corrected chi connectivity index (χ2v) is 5.69. The van der Waals surface area contributed by atoms with Crippen molar-refractivity contribution in [1.29, 1.82) is 0 Å². The molecule has 7 heteroatoms. The van der Waals surface area contributed by atoms with Gasteiger partial charge in [-0.3, -0.25) is 19.6 Å². The van der Waals surface area contributed by atoms with Crippen molar-refractivity contribution in [3.8, 4) is 0 Å². The molecule has 1 amide bonds. The molecular formula is C15H18N4O3. The van der Waals surface area contributed by atoms with Gasteiger partial charge in [0.05, 0.1) is 5.39 Å². The molecule has 0 radical (unpaired) electrons. The van der Waals surface area contributed by atoms with Crippen molar-refractivity contribution >= 4 is 16.9 Å². The molecule has 116 valence electrons. The SMILES string of the molecule is CCCC1CCN1C(=O)c1cc(C)c2c(=O)[nH]c(=O)[nH]c2n1. The van der Waals surface area contributed by atoms with Crippen LogP contribution < -0.4 is 11.2 Å². The van der Waals surface area contributed by atoms with Crippen LogP contribution in [0, 0.1) is 6.92 Å². The Bertz CT molecular complexity index is 852. The van der Waals surface area contributed by atoms with Crippen molar-refractivity contribution < 1.29 is 4.79 Å². The number of likely N-dealkylation sites (tertiary alicyclic amines) is 1. The highest BCUT2D eigenvalue weighted by atomic mass is 16.2. The van der Waals surface area contributed by atoms with E-state index in [4.69, 9.17) is 0 Å². The number of aromatic nitrogens is 3. The van der Waals surface area contributed by atoms with Crippen LogP contribution in [0.25, 0.3) is 11.0 Å². The first-order chi connectivity index (χ1) is 10.5. The first-order valence-corrected chi connectivity index (χ1v) is 7.46. The van der Waals surface area contributed by atoms with E-state index in [9.17, 15) is 14.4 Å². The van der Waals surface area contributed by atoms with Crippen molar-refractivity contribution in [3.05, 3.63) is 38.2 Å². The van der Waals surface area contributed by atoms with Crippen LogP contribution in [0.1, 0.15) is 42.2 Å². The maximum Gasteiger partial charge on any atom is 0.327 e. The summed E-state index contributed by atoms with van der Waals surface area (Å²) < 4.78 is 0. The van der Waals surface area contributed by atoms with Crippen molar-refractivity contribution in [2.24, 2.45) is 0 Å². The van der Waals surface area contributed by atoms with Crippen LogP contribution in [0.15, 0.2) is 15.7 Å². The zero-order chi connectivity index (χ0) is 15.9. The van der Waals surface area contributed by atoms with Crippen LogP contribution in [0.3, 0.4) is 0 Å². The number of pyridine rings is 1. The van der Waals surface area contributed by atoms with E-state index in [1.165, 1.54) is 0 Å². The van der Waals surface area contributed by atoms with Gasteiger partial charge < -0.3 is 4.90 Å². The van der Waals surface area contributed by atoms with Gasteiger partial charge in [-0.25, -0.2) is 9.78 Å². The monoisotopic (exact) mass is 302 g/mol. The number of fused-ring (bicyclic) bond motifs is 1. The lowest BCUT2D eigenvalue weighted by molar-refractivity contribution is 0.0437. The van der Waals surface area contributed by atoms with E-state index < -0.39 is 11.2 Å². The predicted molar refractivity (Wildman–Crippen MR) is 82.1 cm³/mol. The van der Waals surface area contributed by atoms with Gasteiger partial charge in [-0.15, -0.1) is 0 Å². The second-order valence-electron chi connectivity index (χ2n) is 5.69. The summed E-state index contributed by atoms with van der Waals surface area (Å²) in [5.41, 5.74) is -0.0625. The van der Waals surface area contributed by atoms with Gasteiger partial charge in [0, 0.05) is 12.6 Å². The molecule has 2 N–H and O–H groups in total. The Morgan fingerprint density at radius 1 is 1.41 bits per heavy atom. The molecule has 3 rings (SSSR count). The lowest BCUT2D eigenvalue weighted by Gasteiger charge is -2.40. The number of aromatic amines is 2. The van der Waals surface area contributed by atoms with Crippen LogP contribution in [0.4, 0.5) is 0 Å². The number of amides is 1. The van der Waals surface area contributed by atoms with Crippen LogP contribution >= 0.6 is 0 Å². The van der Waals surface area contributed by atoms with Crippen LogP contribution in [0.5, 0.6) is 0 Å². The third-order valence-electron chi connectivity index (χ3n) is 4.15. The molecule has 2 aromatic rings. The number of rotatable bonds is 3.